The van der Waals surface area contributed by atoms with Gasteiger partial charge in [0.05, 0.1) is 7.11 Å². The highest BCUT2D eigenvalue weighted by molar-refractivity contribution is 9.10. The second-order valence-electron chi connectivity index (χ2n) is 6.05. The van der Waals surface area contributed by atoms with Gasteiger partial charge in [0.15, 0.2) is 0 Å². The zero-order chi connectivity index (χ0) is 21.2. The van der Waals surface area contributed by atoms with Crippen LogP contribution >= 0.6 is 15.9 Å². The van der Waals surface area contributed by atoms with Gasteiger partial charge < -0.3 is 20.5 Å². The molecule has 3 N–H and O–H groups in total. The van der Waals surface area contributed by atoms with Crippen molar-refractivity contribution in [1.82, 2.24) is 10.6 Å². The van der Waals surface area contributed by atoms with Crippen molar-refractivity contribution in [1.29, 1.82) is 0 Å². The lowest BCUT2D eigenvalue weighted by molar-refractivity contribution is -0.137. The Bertz CT molecular complexity index is 892. The van der Waals surface area contributed by atoms with Gasteiger partial charge in [0.2, 0.25) is 0 Å². The van der Waals surface area contributed by atoms with Gasteiger partial charge in [-0.05, 0) is 54.5 Å². The number of aliphatic carboxylic acids is 1. The maximum Gasteiger partial charge on any atom is 0.303 e. The minimum atomic E-state index is -0.934. The first-order valence-electron chi connectivity index (χ1n) is 8.81. The van der Waals surface area contributed by atoms with Crippen molar-refractivity contribution < 1.29 is 24.2 Å². The number of carbonyl (C=O) groups excluding carboxylic acids is 2. The van der Waals surface area contributed by atoms with Crippen LogP contribution in [0.5, 0.6) is 5.75 Å². The fourth-order valence-corrected chi connectivity index (χ4v) is 2.62. The Kier molecular flexibility index (Phi) is 8.42. The van der Waals surface area contributed by atoms with Crippen LogP contribution in [0.1, 0.15) is 28.8 Å². The molecule has 0 spiro atoms. The van der Waals surface area contributed by atoms with E-state index in [4.69, 9.17) is 9.84 Å². The third kappa shape index (κ3) is 7.42. The zero-order valence-corrected chi connectivity index (χ0v) is 17.4. The first kappa shape index (κ1) is 22.2. The Morgan fingerprint density at radius 1 is 1.07 bits per heavy atom. The van der Waals surface area contributed by atoms with Crippen molar-refractivity contribution in [2.24, 2.45) is 0 Å². The summed E-state index contributed by atoms with van der Waals surface area (Å²) in [6.07, 6.45) is 1.78. The third-order valence-corrected chi connectivity index (χ3v) is 4.41. The van der Waals surface area contributed by atoms with Gasteiger partial charge in [0.25, 0.3) is 11.8 Å². The molecule has 0 aliphatic heterocycles. The number of carboxylic acid groups (broad SMARTS) is 1. The van der Waals surface area contributed by atoms with Crippen LogP contribution in [0.2, 0.25) is 0 Å². The van der Waals surface area contributed by atoms with E-state index in [9.17, 15) is 14.4 Å². The highest BCUT2D eigenvalue weighted by Gasteiger charge is 2.14. The largest absolute Gasteiger partial charge is 0.497 e. The number of carbonyl (C=O) groups is 3. The molecule has 0 aliphatic carbocycles. The average molecular weight is 461 g/mol. The van der Waals surface area contributed by atoms with Crippen LogP contribution in [0.3, 0.4) is 0 Å². The van der Waals surface area contributed by atoms with Gasteiger partial charge in [0, 0.05) is 23.0 Å². The molecule has 0 fully saturated rings. The molecule has 0 atom stereocenters. The van der Waals surface area contributed by atoms with E-state index in [-0.39, 0.29) is 25.1 Å². The molecule has 2 amide bonds. The van der Waals surface area contributed by atoms with E-state index >= 15 is 0 Å². The van der Waals surface area contributed by atoms with Crippen LogP contribution in [0, 0.1) is 0 Å². The summed E-state index contributed by atoms with van der Waals surface area (Å²) in [7, 11) is 1.55. The summed E-state index contributed by atoms with van der Waals surface area (Å²) in [6.45, 7) is 0.180. The fourth-order valence-electron chi connectivity index (χ4n) is 2.36. The fraction of sp³-hybridized carbons (Fsp3) is 0.190. The number of nitrogens with one attached hydrogen (secondary N) is 2. The van der Waals surface area contributed by atoms with Crippen molar-refractivity contribution in [3.63, 3.8) is 0 Å². The Morgan fingerprint density at radius 3 is 2.31 bits per heavy atom. The molecule has 0 radical (unpaired) electrons. The molecular weight excluding hydrogens is 440 g/mol. The molecule has 8 heteroatoms. The van der Waals surface area contributed by atoms with Crippen LogP contribution in [-0.2, 0) is 9.59 Å². The Hall–Kier alpha value is -3.13. The molecule has 0 saturated heterocycles. The number of hydrogen-bond donors (Lipinski definition) is 3. The SMILES string of the molecule is COc1ccc(/C=C(/NC(=O)c2ccc(Br)cc2)C(=O)NCCCC(=O)O)cc1. The smallest absolute Gasteiger partial charge is 0.303 e. The van der Waals surface area contributed by atoms with Crippen LogP contribution in [0.15, 0.2) is 58.7 Å². The Balaban J connectivity index is 2.17. The van der Waals surface area contributed by atoms with Crippen molar-refractivity contribution >= 4 is 39.8 Å². The number of hydrogen-bond acceptors (Lipinski definition) is 4. The van der Waals surface area contributed by atoms with Crippen molar-refractivity contribution in [3.05, 3.63) is 69.8 Å². The van der Waals surface area contributed by atoms with Crippen molar-refractivity contribution in [2.45, 2.75) is 12.8 Å². The highest BCUT2D eigenvalue weighted by Crippen LogP contribution is 2.15. The minimum Gasteiger partial charge on any atom is -0.497 e. The van der Waals surface area contributed by atoms with Gasteiger partial charge in [0.1, 0.15) is 11.4 Å². The van der Waals surface area contributed by atoms with E-state index in [0.717, 1.165) is 4.47 Å². The van der Waals surface area contributed by atoms with Gasteiger partial charge in [-0.1, -0.05) is 28.1 Å². The number of ether oxygens (including phenoxy) is 1. The normalized spacial score (nSPS) is 10.9. The predicted molar refractivity (Wildman–Crippen MR) is 112 cm³/mol. The van der Waals surface area contributed by atoms with E-state index in [1.807, 2.05) is 0 Å². The molecule has 0 heterocycles. The van der Waals surface area contributed by atoms with E-state index in [1.54, 1.807) is 61.7 Å². The van der Waals surface area contributed by atoms with Crippen LogP contribution in [0.25, 0.3) is 6.08 Å². The molecular formula is C21H21BrN2O5. The summed E-state index contributed by atoms with van der Waals surface area (Å²) in [5.74, 6) is -1.20. The van der Waals surface area contributed by atoms with Crippen LogP contribution in [-0.4, -0.2) is 36.5 Å². The van der Waals surface area contributed by atoms with Crippen LogP contribution < -0.4 is 15.4 Å². The molecule has 2 aromatic carbocycles. The maximum atomic E-state index is 12.6. The summed E-state index contributed by atoms with van der Waals surface area (Å²) in [5, 5.41) is 14.0. The summed E-state index contributed by atoms with van der Waals surface area (Å²) in [6, 6.07) is 13.7. The molecule has 0 saturated carbocycles. The molecule has 2 aromatic rings. The molecule has 0 unspecified atom stereocenters. The first-order chi connectivity index (χ1) is 13.9. The van der Waals surface area contributed by atoms with Crippen molar-refractivity contribution in [2.75, 3.05) is 13.7 Å². The third-order valence-electron chi connectivity index (χ3n) is 3.88. The first-order valence-corrected chi connectivity index (χ1v) is 9.61. The average Bonchev–Trinajstić information content (AvgIpc) is 2.71. The van der Waals surface area contributed by atoms with Crippen molar-refractivity contribution in [3.8, 4) is 5.75 Å². The maximum absolute atomic E-state index is 12.6. The molecule has 0 bridgehead atoms. The summed E-state index contributed by atoms with van der Waals surface area (Å²) < 4.78 is 5.95. The van der Waals surface area contributed by atoms with E-state index < -0.39 is 17.8 Å². The number of benzene rings is 2. The van der Waals surface area contributed by atoms with Crippen LogP contribution in [0.4, 0.5) is 0 Å². The van der Waals surface area contributed by atoms with Gasteiger partial charge in [-0.3, -0.25) is 14.4 Å². The second kappa shape index (κ2) is 11.0. The summed E-state index contributed by atoms with van der Waals surface area (Å²) in [5.41, 5.74) is 1.14. The van der Waals surface area contributed by atoms with E-state index in [0.29, 0.717) is 16.9 Å². The van der Waals surface area contributed by atoms with Gasteiger partial charge in [-0.2, -0.15) is 0 Å². The Labute approximate surface area is 176 Å². The molecule has 152 valence electrons. The number of methoxy groups -OCH3 is 1. The molecule has 7 nitrogen and oxygen atoms in total. The quantitative estimate of drug-likeness (QED) is 0.393. The van der Waals surface area contributed by atoms with E-state index in [1.165, 1.54) is 0 Å². The molecule has 0 aliphatic rings. The molecule has 0 aromatic heterocycles. The topological polar surface area (TPSA) is 105 Å². The number of amides is 2. The summed E-state index contributed by atoms with van der Waals surface area (Å²) >= 11 is 3.31. The summed E-state index contributed by atoms with van der Waals surface area (Å²) in [4.78, 5) is 35.7. The molecule has 29 heavy (non-hydrogen) atoms. The number of rotatable bonds is 9. The van der Waals surface area contributed by atoms with E-state index in [2.05, 4.69) is 26.6 Å². The predicted octanol–water partition coefficient (Wildman–Crippen LogP) is 3.21. The van der Waals surface area contributed by atoms with Gasteiger partial charge >= 0.3 is 5.97 Å². The standard InChI is InChI=1S/C21H21BrN2O5/c1-29-17-10-4-14(5-11-17)13-18(21(28)23-12-2-3-19(25)26)24-20(27)15-6-8-16(22)9-7-15/h4-11,13H,2-3,12H2,1H3,(H,23,28)(H,24,27)(H,25,26)/b18-13+. The number of halogens is 1. The monoisotopic (exact) mass is 460 g/mol. The highest BCUT2D eigenvalue weighted by atomic mass is 79.9. The minimum absolute atomic E-state index is 0.0525. The zero-order valence-electron chi connectivity index (χ0n) is 15.8. The van der Waals surface area contributed by atoms with Gasteiger partial charge in [-0.15, -0.1) is 0 Å². The molecule has 2 rings (SSSR count). The lowest BCUT2D eigenvalue weighted by atomic mass is 10.1. The van der Waals surface area contributed by atoms with Gasteiger partial charge in [-0.25, -0.2) is 0 Å². The Morgan fingerprint density at radius 2 is 1.72 bits per heavy atom. The lowest BCUT2D eigenvalue weighted by Crippen LogP contribution is -2.35. The second-order valence-corrected chi connectivity index (χ2v) is 6.96. The number of carboxylic acids is 1. The lowest BCUT2D eigenvalue weighted by Gasteiger charge is -2.11.